The number of anilines is 1. The molecule has 3 aromatic rings. The average Bonchev–Trinajstić information content (AvgIpc) is 3.31. The third-order valence-electron chi connectivity index (χ3n) is 4.07. The molecule has 0 atom stereocenters. The normalized spacial score (nSPS) is 15.4. The van der Waals surface area contributed by atoms with Gasteiger partial charge in [-0.25, -0.2) is 19.5 Å². The van der Waals surface area contributed by atoms with Crippen molar-refractivity contribution in [3.63, 3.8) is 0 Å². The van der Waals surface area contributed by atoms with Crippen molar-refractivity contribution in [2.45, 2.75) is 6.54 Å². The highest BCUT2D eigenvalue weighted by molar-refractivity contribution is 14.0. The maximum absolute atomic E-state index is 6.18. The number of rotatable bonds is 3. The summed E-state index contributed by atoms with van der Waals surface area (Å²) in [4.78, 5) is 17.5. The third kappa shape index (κ3) is 3.84. The van der Waals surface area contributed by atoms with Crippen LogP contribution < -0.4 is 10.6 Å². The molecule has 0 amide bonds. The molecule has 1 aliphatic heterocycles. The second-order valence-corrected chi connectivity index (χ2v) is 6.37. The fourth-order valence-electron chi connectivity index (χ4n) is 2.77. The molecule has 132 valence electrons. The predicted molar refractivity (Wildman–Crippen MR) is 110 cm³/mol. The van der Waals surface area contributed by atoms with Gasteiger partial charge in [-0.1, -0.05) is 0 Å². The van der Waals surface area contributed by atoms with Crippen LogP contribution in [0.1, 0.15) is 5.69 Å². The van der Waals surface area contributed by atoms with Gasteiger partial charge in [-0.05, 0) is 6.07 Å². The molecule has 2 N–H and O–H groups in total. The SMILES string of the molecule is I.NC(=NCc1ccnc2ccnn12)N1CCN(c2nccs2)CC1. The van der Waals surface area contributed by atoms with E-state index in [1.54, 1.807) is 28.2 Å². The minimum absolute atomic E-state index is 0. The van der Waals surface area contributed by atoms with Crippen LogP contribution in [0.3, 0.4) is 0 Å². The van der Waals surface area contributed by atoms with E-state index in [0.29, 0.717) is 12.5 Å². The highest BCUT2D eigenvalue weighted by atomic mass is 127. The van der Waals surface area contributed by atoms with Gasteiger partial charge in [0.2, 0.25) is 0 Å². The van der Waals surface area contributed by atoms with Crippen molar-refractivity contribution >= 4 is 52.1 Å². The first-order valence-corrected chi connectivity index (χ1v) is 8.66. The third-order valence-corrected chi connectivity index (χ3v) is 4.90. The molecule has 0 aliphatic carbocycles. The lowest BCUT2D eigenvalue weighted by Crippen LogP contribution is -2.51. The Labute approximate surface area is 166 Å². The summed E-state index contributed by atoms with van der Waals surface area (Å²) in [6, 6.07) is 3.78. The van der Waals surface area contributed by atoms with Crippen LogP contribution in [0.4, 0.5) is 5.13 Å². The van der Waals surface area contributed by atoms with Crippen LogP contribution in [0.15, 0.2) is 41.1 Å². The van der Waals surface area contributed by atoms with Gasteiger partial charge in [-0.3, -0.25) is 0 Å². The second-order valence-electron chi connectivity index (χ2n) is 5.50. The lowest BCUT2D eigenvalue weighted by molar-refractivity contribution is 0.380. The van der Waals surface area contributed by atoms with E-state index < -0.39 is 0 Å². The van der Waals surface area contributed by atoms with E-state index in [4.69, 9.17) is 5.73 Å². The first-order valence-electron chi connectivity index (χ1n) is 7.78. The van der Waals surface area contributed by atoms with Gasteiger partial charge in [0, 0.05) is 50.0 Å². The quantitative estimate of drug-likeness (QED) is 0.354. The summed E-state index contributed by atoms with van der Waals surface area (Å²) < 4.78 is 1.79. The number of hydrogen-bond donors (Lipinski definition) is 1. The summed E-state index contributed by atoms with van der Waals surface area (Å²) in [5, 5.41) is 7.34. The molecule has 0 radical (unpaired) electrons. The van der Waals surface area contributed by atoms with Gasteiger partial charge >= 0.3 is 0 Å². The smallest absolute Gasteiger partial charge is 0.191 e. The van der Waals surface area contributed by atoms with Gasteiger partial charge in [-0.15, -0.1) is 35.3 Å². The topological polar surface area (TPSA) is 87.9 Å². The summed E-state index contributed by atoms with van der Waals surface area (Å²) in [5.74, 6) is 0.575. The summed E-state index contributed by atoms with van der Waals surface area (Å²) in [6.07, 6.45) is 5.34. The van der Waals surface area contributed by atoms with Crippen molar-refractivity contribution in [3.8, 4) is 0 Å². The Morgan fingerprint density at radius 2 is 1.96 bits per heavy atom. The Kier molecular flexibility index (Phi) is 5.68. The maximum atomic E-state index is 6.18. The van der Waals surface area contributed by atoms with Gasteiger partial charge in [0.05, 0.1) is 18.4 Å². The van der Waals surface area contributed by atoms with Gasteiger partial charge in [-0.2, -0.15) is 5.10 Å². The summed E-state index contributed by atoms with van der Waals surface area (Å²) >= 11 is 1.67. The molecule has 0 bridgehead atoms. The summed E-state index contributed by atoms with van der Waals surface area (Å²) in [7, 11) is 0. The summed E-state index contributed by atoms with van der Waals surface area (Å²) in [6.45, 7) is 3.99. The largest absolute Gasteiger partial charge is 0.370 e. The maximum Gasteiger partial charge on any atom is 0.191 e. The standard InChI is InChI=1S/C15H18N8S.HI/c16-14(19-11-12-1-3-17-13-2-4-20-23(12)13)21-6-8-22(9-7-21)15-18-5-10-24-15;/h1-5,10H,6-9,11H2,(H2,16,19);1H. The summed E-state index contributed by atoms with van der Waals surface area (Å²) in [5.41, 5.74) is 7.96. The van der Waals surface area contributed by atoms with Gasteiger partial charge in [0.25, 0.3) is 0 Å². The van der Waals surface area contributed by atoms with Crippen molar-refractivity contribution in [2.24, 2.45) is 10.7 Å². The highest BCUT2D eigenvalue weighted by Gasteiger charge is 2.19. The Bertz CT molecular complexity index is 838. The molecule has 25 heavy (non-hydrogen) atoms. The number of halogens is 1. The number of hydrogen-bond acceptors (Lipinski definition) is 6. The van der Waals surface area contributed by atoms with Gasteiger partial charge in [0.15, 0.2) is 16.7 Å². The fraction of sp³-hybridized carbons (Fsp3) is 0.333. The molecule has 1 saturated heterocycles. The molecular weight excluding hydrogens is 451 g/mol. The molecule has 0 aromatic carbocycles. The molecule has 0 saturated carbocycles. The molecule has 4 heterocycles. The zero-order valence-electron chi connectivity index (χ0n) is 13.5. The number of guanidine groups is 1. The molecule has 3 aromatic heterocycles. The Balaban J connectivity index is 0.00000182. The molecule has 0 spiro atoms. The van der Waals surface area contributed by atoms with Crippen LogP contribution in [-0.2, 0) is 6.54 Å². The zero-order valence-corrected chi connectivity index (χ0v) is 16.7. The number of nitrogens with two attached hydrogens (primary N) is 1. The monoisotopic (exact) mass is 470 g/mol. The van der Waals surface area contributed by atoms with Crippen LogP contribution in [0.2, 0.25) is 0 Å². The molecule has 10 heteroatoms. The van der Waals surface area contributed by atoms with Crippen LogP contribution >= 0.6 is 35.3 Å². The Hall–Kier alpha value is -1.95. The predicted octanol–water partition coefficient (Wildman–Crippen LogP) is 1.44. The van der Waals surface area contributed by atoms with Crippen molar-refractivity contribution < 1.29 is 0 Å². The first kappa shape index (κ1) is 17.9. The van der Waals surface area contributed by atoms with Crippen molar-refractivity contribution in [1.29, 1.82) is 0 Å². The van der Waals surface area contributed by atoms with E-state index in [-0.39, 0.29) is 24.0 Å². The van der Waals surface area contributed by atoms with Crippen molar-refractivity contribution in [2.75, 3.05) is 31.1 Å². The number of thiazole rings is 1. The van der Waals surface area contributed by atoms with E-state index in [2.05, 4.69) is 29.9 Å². The van der Waals surface area contributed by atoms with E-state index >= 15 is 0 Å². The van der Waals surface area contributed by atoms with Crippen LogP contribution in [0, 0.1) is 0 Å². The number of aromatic nitrogens is 4. The molecule has 1 aliphatic rings. The van der Waals surface area contributed by atoms with Gasteiger partial charge < -0.3 is 15.5 Å². The Morgan fingerprint density at radius 3 is 2.72 bits per heavy atom. The van der Waals surface area contributed by atoms with Crippen LogP contribution in [0.5, 0.6) is 0 Å². The van der Waals surface area contributed by atoms with E-state index in [0.717, 1.165) is 42.7 Å². The number of aliphatic imine (C=N–C) groups is 1. The van der Waals surface area contributed by atoms with E-state index in [1.807, 2.05) is 23.7 Å². The fourth-order valence-corrected chi connectivity index (χ4v) is 3.46. The second kappa shape index (κ2) is 7.95. The average molecular weight is 470 g/mol. The van der Waals surface area contributed by atoms with E-state index in [1.165, 1.54) is 0 Å². The molecule has 8 nitrogen and oxygen atoms in total. The van der Waals surface area contributed by atoms with Crippen molar-refractivity contribution in [1.82, 2.24) is 24.5 Å². The van der Waals surface area contributed by atoms with Crippen LogP contribution in [0.25, 0.3) is 5.65 Å². The highest BCUT2D eigenvalue weighted by Crippen LogP contribution is 2.18. The minimum atomic E-state index is 0. The molecule has 4 rings (SSSR count). The molecule has 1 fully saturated rings. The molecular formula is C15H19IN8S. The Morgan fingerprint density at radius 1 is 1.12 bits per heavy atom. The minimum Gasteiger partial charge on any atom is -0.370 e. The lowest BCUT2D eigenvalue weighted by atomic mass is 10.3. The number of nitrogens with zero attached hydrogens (tertiary/aromatic N) is 7. The molecule has 0 unspecified atom stereocenters. The lowest BCUT2D eigenvalue weighted by Gasteiger charge is -2.35. The van der Waals surface area contributed by atoms with E-state index in [9.17, 15) is 0 Å². The van der Waals surface area contributed by atoms with Gasteiger partial charge in [0.1, 0.15) is 0 Å². The number of piperazine rings is 1. The van der Waals surface area contributed by atoms with Crippen LogP contribution in [-0.4, -0.2) is 56.6 Å². The first-order chi connectivity index (χ1) is 11.8. The number of fused-ring (bicyclic) bond motifs is 1. The van der Waals surface area contributed by atoms with Crippen molar-refractivity contribution in [3.05, 3.63) is 41.8 Å². The zero-order chi connectivity index (χ0) is 16.4.